The highest BCUT2D eigenvalue weighted by Gasteiger charge is 2.08. The molecule has 28 heavy (non-hydrogen) atoms. The second kappa shape index (κ2) is 12.6. The van der Waals surface area contributed by atoms with E-state index in [0.717, 1.165) is 41.0 Å². The van der Waals surface area contributed by atoms with Crippen molar-refractivity contribution >= 4 is 29.9 Å². The molecule has 1 heterocycles. The third kappa shape index (κ3) is 7.27. The van der Waals surface area contributed by atoms with E-state index in [-0.39, 0.29) is 24.0 Å². The van der Waals surface area contributed by atoms with Crippen LogP contribution in [0, 0.1) is 13.8 Å². The van der Waals surface area contributed by atoms with Crippen LogP contribution in [0.15, 0.2) is 23.2 Å². The van der Waals surface area contributed by atoms with Crippen LogP contribution in [0.2, 0.25) is 0 Å². The Kier molecular flexibility index (Phi) is 10.8. The van der Waals surface area contributed by atoms with Crippen LogP contribution in [0.25, 0.3) is 0 Å². The number of halogens is 1. The molecular weight excluding hydrogens is 471 g/mol. The van der Waals surface area contributed by atoms with E-state index in [1.54, 1.807) is 7.11 Å². The Bertz CT molecular complexity index is 763. The Morgan fingerprint density at radius 1 is 1.18 bits per heavy atom. The van der Waals surface area contributed by atoms with Crippen molar-refractivity contribution in [3.05, 3.63) is 41.0 Å². The van der Waals surface area contributed by atoms with Crippen LogP contribution in [0.4, 0.5) is 0 Å². The first-order valence-corrected chi connectivity index (χ1v) is 9.13. The molecule has 0 aliphatic rings. The van der Waals surface area contributed by atoms with E-state index in [2.05, 4.69) is 38.0 Å². The zero-order valence-corrected chi connectivity index (χ0v) is 19.6. The average Bonchev–Trinajstić information content (AvgIpc) is 2.97. The van der Waals surface area contributed by atoms with Gasteiger partial charge in [-0.25, -0.2) is 4.99 Å². The minimum Gasteiger partial charge on any atom is -0.491 e. The molecule has 0 saturated heterocycles. The average molecular weight is 502 g/mol. The van der Waals surface area contributed by atoms with Gasteiger partial charge in [0.15, 0.2) is 11.8 Å². The molecular formula is C19H31IN6O2. The lowest BCUT2D eigenvalue weighted by molar-refractivity contribution is 0.145. The number of aryl methyl sites for hydroxylation is 2. The van der Waals surface area contributed by atoms with Gasteiger partial charge in [-0.15, -0.1) is 34.2 Å². The monoisotopic (exact) mass is 502 g/mol. The lowest BCUT2D eigenvalue weighted by atomic mass is 10.1. The Balaban J connectivity index is 0.00000392. The van der Waals surface area contributed by atoms with Gasteiger partial charge in [-0.05, 0) is 32.4 Å². The first-order valence-electron chi connectivity index (χ1n) is 9.13. The summed E-state index contributed by atoms with van der Waals surface area (Å²) >= 11 is 0. The van der Waals surface area contributed by atoms with Crippen LogP contribution >= 0.6 is 24.0 Å². The van der Waals surface area contributed by atoms with Crippen LogP contribution in [0.5, 0.6) is 5.75 Å². The summed E-state index contributed by atoms with van der Waals surface area (Å²) in [6, 6.07) is 6.15. The van der Waals surface area contributed by atoms with Crippen LogP contribution in [0.3, 0.4) is 0 Å². The Morgan fingerprint density at radius 2 is 1.96 bits per heavy atom. The summed E-state index contributed by atoms with van der Waals surface area (Å²) < 4.78 is 12.9. The van der Waals surface area contributed by atoms with E-state index in [9.17, 15) is 0 Å². The fourth-order valence-electron chi connectivity index (χ4n) is 2.44. The molecule has 0 aliphatic heterocycles. The maximum Gasteiger partial charge on any atom is 0.191 e. The van der Waals surface area contributed by atoms with Crippen LogP contribution in [0.1, 0.15) is 29.7 Å². The summed E-state index contributed by atoms with van der Waals surface area (Å²) in [5.74, 6) is 3.31. The molecule has 2 N–H and O–H groups in total. The van der Waals surface area contributed by atoms with Crippen molar-refractivity contribution in [3.63, 3.8) is 0 Å². The molecule has 8 nitrogen and oxygen atoms in total. The standard InChI is InChI=1S/C19H30N6O2.HI/c1-6-20-19(22-13-18-24-23-15(3)25(18)4)21-12-16-8-7-14(2)11-17(16)27-10-9-26-5;/h7-8,11H,6,9-10,12-13H2,1-5H3,(H2,20,21,22);1H. The third-order valence-electron chi connectivity index (χ3n) is 4.12. The molecule has 0 bridgehead atoms. The van der Waals surface area contributed by atoms with Crippen LogP contribution in [-0.4, -0.2) is 47.6 Å². The normalized spacial score (nSPS) is 11.1. The van der Waals surface area contributed by atoms with E-state index in [4.69, 9.17) is 9.47 Å². The third-order valence-corrected chi connectivity index (χ3v) is 4.12. The Morgan fingerprint density at radius 3 is 2.61 bits per heavy atom. The maximum absolute atomic E-state index is 5.84. The molecule has 1 aromatic carbocycles. The van der Waals surface area contributed by atoms with Crippen molar-refractivity contribution in [1.82, 2.24) is 25.4 Å². The van der Waals surface area contributed by atoms with Gasteiger partial charge in [0, 0.05) is 26.3 Å². The van der Waals surface area contributed by atoms with Crippen molar-refractivity contribution in [1.29, 1.82) is 0 Å². The highest BCUT2D eigenvalue weighted by atomic mass is 127. The van der Waals surface area contributed by atoms with Gasteiger partial charge in [0.1, 0.15) is 18.2 Å². The summed E-state index contributed by atoms with van der Waals surface area (Å²) in [6.45, 7) is 8.91. The molecule has 0 unspecified atom stereocenters. The number of aromatic nitrogens is 3. The quantitative estimate of drug-likeness (QED) is 0.237. The molecule has 0 aliphatic carbocycles. The predicted octanol–water partition coefficient (Wildman–Crippen LogP) is 2.33. The number of benzene rings is 1. The highest BCUT2D eigenvalue weighted by molar-refractivity contribution is 14.0. The molecule has 2 rings (SSSR count). The first kappa shape index (κ1) is 24.2. The minimum atomic E-state index is 0. The van der Waals surface area contributed by atoms with E-state index >= 15 is 0 Å². The summed E-state index contributed by atoms with van der Waals surface area (Å²) in [6.07, 6.45) is 0. The zero-order valence-electron chi connectivity index (χ0n) is 17.3. The number of hydrogen-bond acceptors (Lipinski definition) is 5. The second-order valence-corrected chi connectivity index (χ2v) is 6.22. The molecule has 1 aromatic heterocycles. The van der Waals surface area contributed by atoms with E-state index in [1.165, 1.54) is 0 Å². The second-order valence-electron chi connectivity index (χ2n) is 6.22. The maximum atomic E-state index is 5.84. The van der Waals surface area contributed by atoms with Gasteiger partial charge in [0.05, 0.1) is 19.7 Å². The lowest BCUT2D eigenvalue weighted by Crippen LogP contribution is -2.37. The SMILES string of the molecule is CCNC(=NCc1ccc(C)cc1OCCOC)NCc1nnc(C)n1C.I. The molecule has 0 amide bonds. The van der Waals surface area contributed by atoms with E-state index < -0.39 is 0 Å². The fraction of sp³-hybridized carbons (Fsp3) is 0.526. The number of methoxy groups -OCH3 is 1. The predicted molar refractivity (Wildman–Crippen MR) is 121 cm³/mol. The van der Waals surface area contributed by atoms with E-state index in [1.807, 2.05) is 38.5 Å². The van der Waals surface area contributed by atoms with Crippen LogP contribution in [-0.2, 0) is 24.9 Å². The number of nitrogens with zero attached hydrogens (tertiary/aromatic N) is 4. The number of aliphatic imine (C=N–C) groups is 1. The van der Waals surface area contributed by atoms with Crippen molar-refractivity contribution in [2.75, 3.05) is 26.9 Å². The Hall–Kier alpha value is -1.88. The molecule has 0 radical (unpaired) electrons. The highest BCUT2D eigenvalue weighted by Crippen LogP contribution is 2.21. The molecule has 2 aromatic rings. The minimum absolute atomic E-state index is 0. The number of rotatable bonds is 9. The van der Waals surface area contributed by atoms with E-state index in [0.29, 0.717) is 26.3 Å². The lowest BCUT2D eigenvalue weighted by Gasteiger charge is -2.13. The topological polar surface area (TPSA) is 85.6 Å². The number of nitrogens with one attached hydrogen (secondary N) is 2. The van der Waals surface area contributed by atoms with Crippen molar-refractivity contribution in [2.24, 2.45) is 12.0 Å². The van der Waals surface area contributed by atoms with Gasteiger partial charge in [-0.3, -0.25) is 0 Å². The number of ether oxygens (including phenoxy) is 2. The van der Waals surface area contributed by atoms with Gasteiger partial charge >= 0.3 is 0 Å². The van der Waals surface area contributed by atoms with Gasteiger partial charge < -0.3 is 24.7 Å². The summed E-state index contributed by atoms with van der Waals surface area (Å²) in [7, 11) is 3.62. The molecule has 0 saturated carbocycles. The van der Waals surface area contributed by atoms with Crippen molar-refractivity contribution in [3.8, 4) is 5.75 Å². The fourth-order valence-corrected chi connectivity index (χ4v) is 2.44. The van der Waals surface area contributed by atoms with Gasteiger partial charge in [-0.2, -0.15) is 0 Å². The smallest absolute Gasteiger partial charge is 0.191 e. The number of hydrogen-bond donors (Lipinski definition) is 2. The summed E-state index contributed by atoms with van der Waals surface area (Å²) in [4.78, 5) is 4.68. The summed E-state index contributed by atoms with van der Waals surface area (Å²) in [5.41, 5.74) is 2.18. The molecule has 0 atom stereocenters. The van der Waals surface area contributed by atoms with Crippen molar-refractivity contribution < 1.29 is 9.47 Å². The Labute approximate surface area is 184 Å². The van der Waals surface area contributed by atoms with Gasteiger partial charge in [0.25, 0.3) is 0 Å². The van der Waals surface area contributed by atoms with Gasteiger partial charge in [0.2, 0.25) is 0 Å². The van der Waals surface area contributed by atoms with Crippen LogP contribution < -0.4 is 15.4 Å². The molecule has 0 fully saturated rings. The largest absolute Gasteiger partial charge is 0.491 e. The number of guanidine groups is 1. The summed E-state index contributed by atoms with van der Waals surface area (Å²) in [5, 5.41) is 14.8. The first-order chi connectivity index (χ1) is 13.0. The van der Waals surface area contributed by atoms with Gasteiger partial charge in [-0.1, -0.05) is 12.1 Å². The zero-order chi connectivity index (χ0) is 19.6. The molecule has 0 spiro atoms. The molecule has 9 heteroatoms. The van der Waals surface area contributed by atoms with Crippen molar-refractivity contribution in [2.45, 2.75) is 33.9 Å². The molecule has 156 valence electrons.